The summed E-state index contributed by atoms with van der Waals surface area (Å²) < 4.78 is 9.79. The van der Waals surface area contributed by atoms with E-state index in [1.807, 2.05) is 0 Å². The molecule has 1 aliphatic heterocycles. The topological polar surface area (TPSA) is 76.7 Å². The monoisotopic (exact) mass is 292 g/mol. The van der Waals surface area contributed by atoms with E-state index in [1.54, 1.807) is 24.3 Å². The van der Waals surface area contributed by atoms with Crippen molar-refractivity contribution in [2.75, 3.05) is 25.6 Å². The van der Waals surface area contributed by atoms with Gasteiger partial charge in [0.15, 0.2) is 6.61 Å². The van der Waals surface area contributed by atoms with Crippen LogP contribution in [0, 0.1) is 0 Å². The number of amides is 1. The molecule has 1 heterocycles. The lowest BCUT2D eigenvalue weighted by Gasteiger charge is -2.22. The maximum atomic E-state index is 12.1. The third kappa shape index (κ3) is 4.75. The highest BCUT2D eigenvalue weighted by molar-refractivity contribution is 5.95. The Bertz CT molecular complexity index is 498. The molecule has 0 aliphatic carbocycles. The predicted molar refractivity (Wildman–Crippen MR) is 78.2 cm³/mol. The summed E-state index contributed by atoms with van der Waals surface area (Å²) in [6.45, 7) is 0.721. The van der Waals surface area contributed by atoms with Crippen LogP contribution in [0.2, 0.25) is 0 Å². The van der Waals surface area contributed by atoms with Gasteiger partial charge in [-0.05, 0) is 31.5 Å². The van der Waals surface area contributed by atoms with Gasteiger partial charge in [-0.3, -0.25) is 4.79 Å². The van der Waals surface area contributed by atoms with E-state index in [4.69, 9.17) is 4.74 Å². The minimum Gasteiger partial charge on any atom is -0.482 e. The zero-order valence-electron chi connectivity index (χ0n) is 12.1. The van der Waals surface area contributed by atoms with E-state index in [0.717, 1.165) is 25.8 Å². The molecular formula is C15H20N2O4. The molecule has 1 aliphatic rings. The molecule has 114 valence electrons. The molecule has 1 atom stereocenters. The highest BCUT2D eigenvalue weighted by Gasteiger charge is 2.20. The van der Waals surface area contributed by atoms with Crippen molar-refractivity contribution in [2.24, 2.45) is 0 Å². The smallest absolute Gasteiger partial charge is 0.343 e. The van der Waals surface area contributed by atoms with Crippen molar-refractivity contribution in [1.29, 1.82) is 0 Å². The first-order valence-electron chi connectivity index (χ1n) is 7.03. The number of ether oxygens (including phenoxy) is 2. The lowest BCUT2D eigenvalue weighted by molar-refractivity contribution is -0.142. The second-order valence-electron chi connectivity index (χ2n) is 4.88. The Morgan fingerprint density at radius 2 is 2.24 bits per heavy atom. The summed E-state index contributed by atoms with van der Waals surface area (Å²) in [6, 6.07) is 6.81. The highest BCUT2D eigenvalue weighted by Crippen LogP contribution is 2.18. The van der Waals surface area contributed by atoms with Crippen LogP contribution < -0.4 is 15.4 Å². The molecule has 0 saturated carbocycles. The number of nitrogens with one attached hydrogen (secondary N) is 2. The summed E-state index contributed by atoms with van der Waals surface area (Å²) in [5.74, 6) is 0.0189. The van der Waals surface area contributed by atoms with Crippen molar-refractivity contribution >= 4 is 17.6 Å². The first kappa shape index (κ1) is 15.3. The van der Waals surface area contributed by atoms with Crippen LogP contribution in [-0.4, -0.2) is 38.2 Å². The Morgan fingerprint density at radius 3 is 2.95 bits per heavy atom. The number of hydrogen-bond acceptors (Lipinski definition) is 5. The SMILES string of the molecule is COC(=O)COc1cccc(NC(=O)C2CCCCN2)c1. The first-order chi connectivity index (χ1) is 10.2. The second kappa shape index (κ2) is 7.64. The van der Waals surface area contributed by atoms with E-state index in [0.29, 0.717) is 11.4 Å². The van der Waals surface area contributed by atoms with Crippen LogP contribution in [0.5, 0.6) is 5.75 Å². The summed E-state index contributed by atoms with van der Waals surface area (Å²) in [7, 11) is 1.31. The van der Waals surface area contributed by atoms with Crippen molar-refractivity contribution in [1.82, 2.24) is 5.32 Å². The molecule has 21 heavy (non-hydrogen) atoms. The Morgan fingerprint density at radius 1 is 1.38 bits per heavy atom. The number of rotatable bonds is 5. The van der Waals surface area contributed by atoms with Gasteiger partial charge in [0.1, 0.15) is 5.75 Å². The van der Waals surface area contributed by atoms with E-state index >= 15 is 0 Å². The fourth-order valence-corrected chi connectivity index (χ4v) is 2.17. The molecule has 1 unspecified atom stereocenters. The lowest BCUT2D eigenvalue weighted by Crippen LogP contribution is -2.43. The molecule has 2 rings (SSSR count). The average Bonchev–Trinajstić information content (AvgIpc) is 2.53. The Labute approximate surface area is 123 Å². The van der Waals surface area contributed by atoms with Crippen LogP contribution in [-0.2, 0) is 14.3 Å². The fraction of sp³-hybridized carbons (Fsp3) is 0.467. The third-order valence-corrected chi connectivity index (χ3v) is 3.31. The molecule has 1 amide bonds. The van der Waals surface area contributed by atoms with E-state index in [2.05, 4.69) is 15.4 Å². The van der Waals surface area contributed by atoms with E-state index in [9.17, 15) is 9.59 Å². The van der Waals surface area contributed by atoms with Gasteiger partial charge in [0.25, 0.3) is 0 Å². The largest absolute Gasteiger partial charge is 0.482 e. The summed E-state index contributed by atoms with van der Waals surface area (Å²) in [5.41, 5.74) is 0.648. The molecule has 1 saturated heterocycles. The minimum atomic E-state index is -0.448. The molecular weight excluding hydrogens is 272 g/mol. The Balaban J connectivity index is 1.90. The standard InChI is InChI=1S/C15H20N2O4/c1-20-14(18)10-21-12-6-4-5-11(9-12)17-15(19)13-7-2-3-8-16-13/h4-6,9,13,16H,2-3,7-8,10H2,1H3,(H,17,19). The van der Waals surface area contributed by atoms with Crippen LogP contribution >= 0.6 is 0 Å². The van der Waals surface area contributed by atoms with Crippen LogP contribution in [0.1, 0.15) is 19.3 Å². The first-order valence-corrected chi connectivity index (χ1v) is 7.03. The number of hydrogen-bond donors (Lipinski definition) is 2. The number of anilines is 1. The molecule has 6 heteroatoms. The third-order valence-electron chi connectivity index (χ3n) is 3.31. The van der Waals surface area contributed by atoms with Gasteiger partial charge in [-0.1, -0.05) is 12.5 Å². The van der Waals surface area contributed by atoms with E-state index in [1.165, 1.54) is 7.11 Å². The molecule has 6 nitrogen and oxygen atoms in total. The van der Waals surface area contributed by atoms with Crippen molar-refractivity contribution in [3.8, 4) is 5.75 Å². The number of carbonyl (C=O) groups excluding carboxylic acids is 2. The van der Waals surface area contributed by atoms with E-state index < -0.39 is 5.97 Å². The Hall–Kier alpha value is -2.08. The molecule has 1 aromatic rings. The molecule has 0 spiro atoms. The number of benzene rings is 1. The van der Waals surface area contributed by atoms with E-state index in [-0.39, 0.29) is 18.6 Å². The highest BCUT2D eigenvalue weighted by atomic mass is 16.6. The fourth-order valence-electron chi connectivity index (χ4n) is 2.17. The van der Waals surface area contributed by atoms with Crippen molar-refractivity contribution in [3.63, 3.8) is 0 Å². The van der Waals surface area contributed by atoms with Gasteiger partial charge in [-0.2, -0.15) is 0 Å². The van der Waals surface area contributed by atoms with Crippen molar-refractivity contribution in [3.05, 3.63) is 24.3 Å². The van der Waals surface area contributed by atoms with Crippen molar-refractivity contribution < 1.29 is 19.1 Å². The maximum absolute atomic E-state index is 12.1. The molecule has 2 N–H and O–H groups in total. The quantitative estimate of drug-likeness (QED) is 0.800. The number of piperidine rings is 1. The lowest BCUT2D eigenvalue weighted by atomic mass is 10.0. The van der Waals surface area contributed by atoms with Crippen LogP contribution in [0.4, 0.5) is 5.69 Å². The zero-order valence-corrected chi connectivity index (χ0v) is 12.1. The summed E-state index contributed by atoms with van der Waals surface area (Å²) in [5, 5.41) is 6.05. The molecule has 0 bridgehead atoms. The van der Waals surface area contributed by atoms with Gasteiger partial charge in [0, 0.05) is 11.8 Å². The zero-order chi connectivity index (χ0) is 15.1. The maximum Gasteiger partial charge on any atom is 0.343 e. The molecule has 0 radical (unpaired) electrons. The predicted octanol–water partition coefficient (Wildman–Crippen LogP) is 1.32. The minimum absolute atomic E-state index is 0.0418. The summed E-state index contributed by atoms with van der Waals surface area (Å²) in [4.78, 5) is 23.1. The number of esters is 1. The second-order valence-corrected chi connectivity index (χ2v) is 4.88. The average molecular weight is 292 g/mol. The Kier molecular flexibility index (Phi) is 5.57. The number of carbonyl (C=O) groups is 2. The summed E-state index contributed by atoms with van der Waals surface area (Å²) in [6.07, 6.45) is 3.03. The van der Waals surface area contributed by atoms with Gasteiger partial charge in [0.05, 0.1) is 13.2 Å². The normalized spacial score (nSPS) is 17.9. The van der Waals surface area contributed by atoms with Crippen molar-refractivity contribution in [2.45, 2.75) is 25.3 Å². The molecule has 1 fully saturated rings. The van der Waals surface area contributed by atoms with Gasteiger partial charge in [-0.25, -0.2) is 4.79 Å². The van der Waals surface area contributed by atoms with Crippen LogP contribution in [0.25, 0.3) is 0 Å². The van der Waals surface area contributed by atoms with Crippen LogP contribution in [0.15, 0.2) is 24.3 Å². The van der Waals surface area contributed by atoms with Gasteiger partial charge >= 0.3 is 5.97 Å². The number of methoxy groups -OCH3 is 1. The van der Waals surface area contributed by atoms with Gasteiger partial charge in [-0.15, -0.1) is 0 Å². The van der Waals surface area contributed by atoms with Crippen LogP contribution in [0.3, 0.4) is 0 Å². The summed E-state index contributed by atoms with van der Waals surface area (Å²) >= 11 is 0. The van der Waals surface area contributed by atoms with Gasteiger partial charge < -0.3 is 20.1 Å². The molecule has 0 aromatic heterocycles. The molecule has 1 aromatic carbocycles. The van der Waals surface area contributed by atoms with Gasteiger partial charge in [0.2, 0.25) is 5.91 Å².